The predicted molar refractivity (Wildman–Crippen MR) is 105 cm³/mol. The van der Waals surface area contributed by atoms with Crippen LogP contribution in [0.25, 0.3) is 0 Å². The number of para-hydroxylation sites is 1. The van der Waals surface area contributed by atoms with Gasteiger partial charge in [0.15, 0.2) is 0 Å². The summed E-state index contributed by atoms with van der Waals surface area (Å²) in [6.07, 6.45) is 0.0706. The van der Waals surface area contributed by atoms with Crippen molar-refractivity contribution in [3.8, 4) is 5.75 Å². The Hall–Kier alpha value is -2.61. The summed E-state index contributed by atoms with van der Waals surface area (Å²) in [5, 5.41) is 2.66. The first-order chi connectivity index (χ1) is 13.5. The van der Waals surface area contributed by atoms with Crippen LogP contribution in [0, 0.1) is 6.92 Å². The quantitative estimate of drug-likeness (QED) is 0.770. The van der Waals surface area contributed by atoms with Crippen molar-refractivity contribution in [1.82, 2.24) is 0 Å². The number of fused-ring (bicyclic) bond motifs is 1. The number of anilines is 2. The second-order valence-corrected chi connectivity index (χ2v) is 7.35. The van der Waals surface area contributed by atoms with Crippen molar-refractivity contribution in [3.63, 3.8) is 0 Å². The number of benzene rings is 2. The molecule has 3 rings (SSSR count). The zero-order chi connectivity index (χ0) is 20.1. The fourth-order valence-corrected chi connectivity index (χ4v) is 3.96. The van der Waals surface area contributed by atoms with Gasteiger partial charge in [0.25, 0.3) is 0 Å². The number of hydrogen-bond acceptors (Lipinski definition) is 4. The van der Waals surface area contributed by atoms with Crippen LogP contribution in [0.4, 0.5) is 20.2 Å². The number of amides is 2. The first kappa shape index (κ1) is 20.1. The van der Waals surface area contributed by atoms with Gasteiger partial charge in [0.1, 0.15) is 5.75 Å². The molecule has 0 unspecified atom stereocenters. The molecular formula is C20H20F2N2O3S. The number of hydrogen-bond donors (Lipinski definition) is 1. The summed E-state index contributed by atoms with van der Waals surface area (Å²) >= 11 is 1.70. The normalized spacial score (nSPS) is 13.2. The molecule has 5 nitrogen and oxygen atoms in total. The molecule has 0 aliphatic carbocycles. The average molecular weight is 406 g/mol. The maximum absolute atomic E-state index is 12.6. The molecule has 0 saturated carbocycles. The van der Waals surface area contributed by atoms with E-state index in [1.54, 1.807) is 29.7 Å². The molecule has 0 aromatic heterocycles. The highest BCUT2D eigenvalue weighted by Crippen LogP contribution is 2.34. The van der Waals surface area contributed by atoms with Gasteiger partial charge in [0.2, 0.25) is 11.8 Å². The summed E-state index contributed by atoms with van der Waals surface area (Å²) in [6.45, 7) is -0.748. The number of ether oxygens (including phenoxy) is 1. The molecule has 1 N–H and O–H groups in total. The lowest BCUT2D eigenvalue weighted by Gasteiger charge is -2.29. The number of nitrogens with zero attached hydrogens (tertiary/aromatic N) is 1. The van der Waals surface area contributed by atoms with Crippen LogP contribution in [0.15, 0.2) is 47.4 Å². The van der Waals surface area contributed by atoms with Gasteiger partial charge in [-0.05, 0) is 31.2 Å². The summed E-state index contributed by atoms with van der Waals surface area (Å²) in [5.41, 5.74) is 1.66. The molecule has 0 radical (unpaired) electrons. The van der Waals surface area contributed by atoms with E-state index in [1.165, 1.54) is 12.1 Å². The van der Waals surface area contributed by atoms with E-state index in [0.29, 0.717) is 17.8 Å². The Morgan fingerprint density at radius 1 is 1.18 bits per heavy atom. The second-order valence-electron chi connectivity index (χ2n) is 6.22. The van der Waals surface area contributed by atoms with Gasteiger partial charge in [0.05, 0.1) is 5.69 Å². The lowest BCUT2D eigenvalue weighted by molar-refractivity contribution is -0.122. The molecule has 0 fully saturated rings. The highest BCUT2D eigenvalue weighted by molar-refractivity contribution is 7.99. The Balaban J connectivity index is 1.59. The molecule has 2 amide bonds. The van der Waals surface area contributed by atoms with Gasteiger partial charge >= 0.3 is 6.61 Å². The monoisotopic (exact) mass is 406 g/mol. The molecule has 1 aliphatic rings. The van der Waals surface area contributed by atoms with Crippen LogP contribution in [0.2, 0.25) is 0 Å². The van der Waals surface area contributed by atoms with Crippen molar-refractivity contribution < 1.29 is 23.1 Å². The summed E-state index contributed by atoms with van der Waals surface area (Å²) in [4.78, 5) is 27.6. The Bertz CT molecular complexity index is 876. The molecule has 2 aromatic carbocycles. The maximum Gasteiger partial charge on any atom is 0.387 e. The van der Waals surface area contributed by atoms with Gasteiger partial charge < -0.3 is 15.0 Å². The van der Waals surface area contributed by atoms with Crippen molar-refractivity contribution in [2.75, 3.05) is 22.5 Å². The van der Waals surface area contributed by atoms with Crippen LogP contribution in [0.3, 0.4) is 0 Å². The minimum atomic E-state index is -2.94. The molecule has 2 aromatic rings. The topological polar surface area (TPSA) is 58.6 Å². The van der Waals surface area contributed by atoms with Crippen molar-refractivity contribution >= 4 is 35.0 Å². The molecule has 28 heavy (non-hydrogen) atoms. The van der Waals surface area contributed by atoms with Gasteiger partial charge in [-0.1, -0.05) is 18.2 Å². The van der Waals surface area contributed by atoms with E-state index in [1.807, 2.05) is 24.3 Å². The van der Waals surface area contributed by atoms with Gasteiger partial charge in [-0.3, -0.25) is 9.59 Å². The lowest BCUT2D eigenvalue weighted by atomic mass is 10.1. The number of nitrogens with one attached hydrogen (secondary N) is 1. The van der Waals surface area contributed by atoms with E-state index in [0.717, 1.165) is 16.3 Å². The number of halogens is 2. The van der Waals surface area contributed by atoms with Gasteiger partial charge in [-0.15, -0.1) is 11.8 Å². The minimum Gasteiger partial charge on any atom is -0.434 e. The second kappa shape index (κ2) is 9.05. The van der Waals surface area contributed by atoms with E-state index in [2.05, 4.69) is 10.1 Å². The maximum atomic E-state index is 12.6. The molecule has 1 aliphatic heterocycles. The summed E-state index contributed by atoms with van der Waals surface area (Å²) in [6, 6.07) is 12.2. The number of carbonyl (C=O) groups is 2. The Morgan fingerprint density at radius 3 is 2.75 bits per heavy atom. The van der Waals surface area contributed by atoms with Gasteiger partial charge in [-0.2, -0.15) is 8.78 Å². The van der Waals surface area contributed by atoms with Crippen LogP contribution in [0.5, 0.6) is 5.75 Å². The zero-order valence-electron chi connectivity index (χ0n) is 15.3. The standard InChI is InChI=1S/C20H20F2N2O3S/c1-13-14(5-4-7-16(13)27-20(21)22)23-18(25)9-10-19(26)24-11-12-28-17-8-3-2-6-15(17)24/h2-8,20H,9-12H2,1H3,(H,23,25). The molecule has 8 heteroatoms. The number of thioether (sulfide) groups is 1. The van der Waals surface area contributed by atoms with E-state index in [-0.39, 0.29) is 30.4 Å². The van der Waals surface area contributed by atoms with Crippen LogP contribution in [-0.2, 0) is 9.59 Å². The van der Waals surface area contributed by atoms with Crippen LogP contribution < -0.4 is 15.0 Å². The van der Waals surface area contributed by atoms with Crippen LogP contribution in [-0.4, -0.2) is 30.7 Å². The highest BCUT2D eigenvalue weighted by Gasteiger charge is 2.23. The fraction of sp³-hybridized carbons (Fsp3) is 0.300. The van der Waals surface area contributed by atoms with Crippen molar-refractivity contribution in [1.29, 1.82) is 0 Å². The van der Waals surface area contributed by atoms with E-state index >= 15 is 0 Å². The largest absolute Gasteiger partial charge is 0.434 e. The fourth-order valence-electron chi connectivity index (χ4n) is 2.97. The van der Waals surface area contributed by atoms with Crippen molar-refractivity contribution in [2.45, 2.75) is 31.3 Å². The third-order valence-corrected chi connectivity index (χ3v) is 5.41. The zero-order valence-corrected chi connectivity index (χ0v) is 16.1. The molecule has 0 saturated heterocycles. The molecule has 148 valence electrons. The Morgan fingerprint density at radius 2 is 1.96 bits per heavy atom. The molecular weight excluding hydrogens is 386 g/mol. The van der Waals surface area contributed by atoms with Crippen molar-refractivity contribution in [2.24, 2.45) is 0 Å². The summed E-state index contributed by atoms with van der Waals surface area (Å²) < 4.78 is 29.3. The third kappa shape index (κ3) is 4.81. The SMILES string of the molecule is Cc1c(NC(=O)CCC(=O)N2CCSc3ccccc32)cccc1OC(F)F. The molecule has 0 spiro atoms. The predicted octanol–water partition coefficient (Wildman–Crippen LogP) is 4.45. The molecule has 0 atom stereocenters. The summed E-state index contributed by atoms with van der Waals surface area (Å²) in [7, 11) is 0. The first-order valence-electron chi connectivity index (χ1n) is 8.82. The Kier molecular flexibility index (Phi) is 6.51. The third-order valence-electron chi connectivity index (χ3n) is 4.37. The Labute approximate surface area is 166 Å². The van der Waals surface area contributed by atoms with Gasteiger partial charge in [-0.25, -0.2) is 0 Å². The van der Waals surface area contributed by atoms with E-state index in [9.17, 15) is 18.4 Å². The van der Waals surface area contributed by atoms with E-state index in [4.69, 9.17) is 0 Å². The lowest BCUT2D eigenvalue weighted by Crippen LogP contribution is -2.35. The number of rotatable bonds is 6. The van der Waals surface area contributed by atoms with E-state index < -0.39 is 6.61 Å². The smallest absolute Gasteiger partial charge is 0.387 e. The number of carbonyl (C=O) groups excluding carboxylic acids is 2. The highest BCUT2D eigenvalue weighted by atomic mass is 32.2. The summed E-state index contributed by atoms with van der Waals surface area (Å²) in [5.74, 6) is 0.344. The van der Waals surface area contributed by atoms with Gasteiger partial charge in [0, 0.05) is 41.3 Å². The molecule has 0 bridgehead atoms. The number of alkyl halides is 2. The molecule has 1 heterocycles. The van der Waals surface area contributed by atoms with Crippen LogP contribution in [0.1, 0.15) is 18.4 Å². The first-order valence-corrected chi connectivity index (χ1v) is 9.80. The minimum absolute atomic E-state index is 0.00398. The van der Waals surface area contributed by atoms with Crippen molar-refractivity contribution in [3.05, 3.63) is 48.0 Å². The average Bonchev–Trinajstić information content (AvgIpc) is 2.68. The van der Waals surface area contributed by atoms with Crippen LogP contribution >= 0.6 is 11.8 Å².